The standard InChI is InChI=1S/C13H17NO6/c1-13(2)4-8(15)7(5-14-6-9(16)17)11(18)10(13)12(19)20-3/h5,10,18H,4,6H2,1-3H3,(H,16,17). The molecule has 2 N–H and O–H groups in total. The van der Waals surface area contributed by atoms with Crippen LogP contribution in [0.25, 0.3) is 0 Å². The summed E-state index contributed by atoms with van der Waals surface area (Å²) < 4.78 is 4.64. The molecular formula is C13H17NO6. The van der Waals surface area contributed by atoms with Crippen LogP contribution in [0.3, 0.4) is 0 Å². The number of aliphatic hydroxyl groups is 1. The van der Waals surface area contributed by atoms with Crippen molar-refractivity contribution < 1.29 is 29.3 Å². The largest absolute Gasteiger partial charge is 0.511 e. The van der Waals surface area contributed by atoms with Crippen LogP contribution in [0.1, 0.15) is 20.3 Å². The SMILES string of the molecule is COC(=O)C1C(O)=C(C=NCC(=O)O)C(=O)CC1(C)C. The molecule has 0 bridgehead atoms. The summed E-state index contributed by atoms with van der Waals surface area (Å²) in [6, 6.07) is 0. The monoisotopic (exact) mass is 283 g/mol. The van der Waals surface area contributed by atoms with Crippen LogP contribution in [0.2, 0.25) is 0 Å². The van der Waals surface area contributed by atoms with E-state index < -0.39 is 35.6 Å². The summed E-state index contributed by atoms with van der Waals surface area (Å²) in [4.78, 5) is 37.6. The fraction of sp³-hybridized carbons (Fsp3) is 0.538. The topological polar surface area (TPSA) is 113 Å². The van der Waals surface area contributed by atoms with E-state index in [1.165, 1.54) is 7.11 Å². The lowest BCUT2D eigenvalue weighted by molar-refractivity contribution is -0.150. The first-order chi connectivity index (χ1) is 9.20. The van der Waals surface area contributed by atoms with Crippen molar-refractivity contribution in [2.75, 3.05) is 13.7 Å². The number of aliphatic carboxylic acids is 1. The molecule has 20 heavy (non-hydrogen) atoms. The van der Waals surface area contributed by atoms with Crippen molar-refractivity contribution in [1.82, 2.24) is 0 Å². The van der Waals surface area contributed by atoms with Crippen LogP contribution < -0.4 is 0 Å². The zero-order chi connectivity index (χ0) is 15.5. The third-order valence-corrected chi connectivity index (χ3v) is 3.13. The number of carbonyl (C=O) groups excluding carboxylic acids is 2. The fourth-order valence-electron chi connectivity index (χ4n) is 2.18. The number of aliphatic hydroxyl groups excluding tert-OH is 1. The number of nitrogens with zero attached hydrogens (tertiary/aromatic N) is 1. The van der Waals surface area contributed by atoms with Crippen LogP contribution in [0.5, 0.6) is 0 Å². The molecule has 0 aliphatic heterocycles. The molecule has 7 heteroatoms. The number of carbonyl (C=O) groups is 3. The van der Waals surface area contributed by atoms with Gasteiger partial charge in [-0.3, -0.25) is 19.4 Å². The van der Waals surface area contributed by atoms with Gasteiger partial charge in [-0.05, 0) is 5.41 Å². The number of hydrogen-bond donors (Lipinski definition) is 2. The molecule has 0 heterocycles. The molecule has 1 aliphatic rings. The molecular weight excluding hydrogens is 266 g/mol. The Kier molecular flexibility index (Phi) is 4.65. The highest BCUT2D eigenvalue weighted by atomic mass is 16.5. The Morgan fingerprint density at radius 1 is 1.50 bits per heavy atom. The lowest BCUT2D eigenvalue weighted by Gasteiger charge is -2.35. The van der Waals surface area contributed by atoms with Gasteiger partial charge >= 0.3 is 11.9 Å². The number of hydrogen-bond acceptors (Lipinski definition) is 6. The van der Waals surface area contributed by atoms with Gasteiger partial charge < -0.3 is 14.9 Å². The number of ketones is 1. The minimum absolute atomic E-state index is 0.0330. The minimum atomic E-state index is -1.16. The minimum Gasteiger partial charge on any atom is -0.511 e. The summed E-state index contributed by atoms with van der Waals surface area (Å²) in [5, 5.41) is 18.6. The summed E-state index contributed by atoms with van der Waals surface area (Å²) in [5.74, 6) is -3.59. The summed E-state index contributed by atoms with van der Waals surface area (Å²) >= 11 is 0. The van der Waals surface area contributed by atoms with Crippen LogP contribution in [-0.4, -0.2) is 47.8 Å². The van der Waals surface area contributed by atoms with Gasteiger partial charge in [0.25, 0.3) is 0 Å². The Labute approximate surface area is 116 Å². The smallest absolute Gasteiger partial charge is 0.325 e. The van der Waals surface area contributed by atoms with Gasteiger partial charge in [0.15, 0.2) is 5.78 Å². The van der Waals surface area contributed by atoms with Crippen molar-refractivity contribution in [3.05, 3.63) is 11.3 Å². The molecule has 0 amide bonds. The number of ether oxygens (including phenoxy) is 1. The van der Waals surface area contributed by atoms with Crippen molar-refractivity contribution in [3.63, 3.8) is 0 Å². The second-order valence-electron chi connectivity index (χ2n) is 5.21. The van der Waals surface area contributed by atoms with E-state index in [1.807, 2.05) is 0 Å². The second kappa shape index (κ2) is 5.85. The molecule has 0 saturated carbocycles. The first kappa shape index (κ1) is 15.9. The van der Waals surface area contributed by atoms with E-state index in [9.17, 15) is 19.5 Å². The summed E-state index contributed by atoms with van der Waals surface area (Å²) in [7, 11) is 1.19. The Balaban J connectivity index is 3.19. The fourth-order valence-corrected chi connectivity index (χ4v) is 2.18. The first-order valence-corrected chi connectivity index (χ1v) is 5.96. The summed E-state index contributed by atoms with van der Waals surface area (Å²) in [5.41, 5.74) is -0.917. The molecule has 110 valence electrons. The van der Waals surface area contributed by atoms with E-state index in [0.29, 0.717) is 0 Å². The molecule has 1 atom stereocenters. The van der Waals surface area contributed by atoms with Crippen molar-refractivity contribution in [1.29, 1.82) is 0 Å². The molecule has 0 saturated heterocycles. The Hall–Kier alpha value is -2.18. The average molecular weight is 283 g/mol. The molecule has 0 aromatic heterocycles. The number of rotatable bonds is 4. The van der Waals surface area contributed by atoms with Crippen molar-refractivity contribution in [3.8, 4) is 0 Å². The first-order valence-electron chi connectivity index (χ1n) is 5.96. The van der Waals surface area contributed by atoms with Gasteiger partial charge in [0.2, 0.25) is 0 Å². The van der Waals surface area contributed by atoms with E-state index in [-0.39, 0.29) is 17.8 Å². The molecule has 1 rings (SSSR count). The number of allylic oxidation sites excluding steroid dienone is 1. The van der Waals surface area contributed by atoms with Gasteiger partial charge in [-0.25, -0.2) is 0 Å². The van der Waals surface area contributed by atoms with E-state index in [0.717, 1.165) is 6.21 Å². The van der Waals surface area contributed by atoms with Gasteiger partial charge in [0.1, 0.15) is 18.2 Å². The maximum atomic E-state index is 11.9. The lowest BCUT2D eigenvalue weighted by atomic mass is 9.68. The van der Waals surface area contributed by atoms with Crippen LogP contribution in [-0.2, 0) is 19.1 Å². The third kappa shape index (κ3) is 3.23. The van der Waals surface area contributed by atoms with E-state index >= 15 is 0 Å². The lowest BCUT2D eigenvalue weighted by Crippen LogP contribution is -2.40. The van der Waals surface area contributed by atoms with E-state index in [2.05, 4.69) is 9.73 Å². The molecule has 0 spiro atoms. The van der Waals surface area contributed by atoms with Crippen molar-refractivity contribution in [2.24, 2.45) is 16.3 Å². The second-order valence-corrected chi connectivity index (χ2v) is 5.21. The molecule has 1 unspecified atom stereocenters. The van der Waals surface area contributed by atoms with Crippen molar-refractivity contribution >= 4 is 23.9 Å². The summed E-state index contributed by atoms with van der Waals surface area (Å²) in [6.07, 6.45) is 1.03. The van der Waals surface area contributed by atoms with Gasteiger partial charge in [-0.1, -0.05) is 13.8 Å². The predicted octanol–water partition coefficient (Wildman–Crippen LogP) is 0.742. The molecule has 0 radical (unpaired) electrons. The van der Waals surface area contributed by atoms with Crippen molar-refractivity contribution in [2.45, 2.75) is 20.3 Å². The Morgan fingerprint density at radius 2 is 2.10 bits per heavy atom. The van der Waals surface area contributed by atoms with Gasteiger partial charge in [0.05, 0.1) is 12.7 Å². The highest BCUT2D eigenvalue weighted by Crippen LogP contribution is 2.41. The molecule has 0 aromatic carbocycles. The summed E-state index contributed by atoms with van der Waals surface area (Å²) in [6.45, 7) is 2.83. The quantitative estimate of drug-likeness (QED) is 0.581. The average Bonchev–Trinajstić information content (AvgIpc) is 2.31. The molecule has 0 fully saturated rings. The number of methoxy groups -OCH3 is 1. The maximum absolute atomic E-state index is 11.9. The maximum Gasteiger partial charge on any atom is 0.325 e. The number of Topliss-reactive ketones (excluding diaryl/α,β-unsaturated/α-hetero) is 1. The Morgan fingerprint density at radius 3 is 2.60 bits per heavy atom. The van der Waals surface area contributed by atoms with Gasteiger partial charge in [0, 0.05) is 12.6 Å². The molecule has 1 aliphatic carbocycles. The van der Waals surface area contributed by atoms with Crippen LogP contribution >= 0.6 is 0 Å². The zero-order valence-electron chi connectivity index (χ0n) is 11.5. The third-order valence-electron chi connectivity index (χ3n) is 3.13. The van der Waals surface area contributed by atoms with E-state index in [1.54, 1.807) is 13.8 Å². The van der Waals surface area contributed by atoms with Crippen LogP contribution in [0.4, 0.5) is 0 Å². The highest BCUT2D eigenvalue weighted by molar-refractivity contribution is 6.15. The number of esters is 1. The van der Waals surface area contributed by atoms with Crippen LogP contribution in [0, 0.1) is 11.3 Å². The van der Waals surface area contributed by atoms with Gasteiger partial charge in [-0.2, -0.15) is 0 Å². The van der Waals surface area contributed by atoms with E-state index in [4.69, 9.17) is 5.11 Å². The molecule has 7 nitrogen and oxygen atoms in total. The normalized spacial score (nSPS) is 22.1. The zero-order valence-corrected chi connectivity index (χ0v) is 11.5. The highest BCUT2D eigenvalue weighted by Gasteiger charge is 2.46. The molecule has 0 aromatic rings. The Bertz CT molecular complexity index is 503. The number of aliphatic imine (C=N–C) groups is 1. The van der Waals surface area contributed by atoms with Crippen LogP contribution in [0.15, 0.2) is 16.3 Å². The number of carboxylic acids is 1. The van der Waals surface area contributed by atoms with Gasteiger partial charge in [-0.15, -0.1) is 0 Å². The predicted molar refractivity (Wildman–Crippen MR) is 69.6 cm³/mol. The number of carboxylic acid groups (broad SMARTS) is 1.